The van der Waals surface area contributed by atoms with Crippen LogP contribution in [0.2, 0.25) is 0 Å². The molecule has 0 aliphatic carbocycles. The van der Waals surface area contributed by atoms with Gasteiger partial charge in [0.15, 0.2) is 0 Å². The first-order valence-electron chi connectivity index (χ1n) is 9.36. The third-order valence-electron chi connectivity index (χ3n) is 4.06. The minimum absolute atomic E-state index is 0.185. The van der Waals surface area contributed by atoms with E-state index in [9.17, 15) is 33.6 Å². The number of hydrogen-bond donors (Lipinski definition) is 8. The molecule has 4 unspecified atom stereocenters. The molecule has 180 valence electrons. The van der Waals surface area contributed by atoms with E-state index in [4.69, 9.17) is 26.8 Å². The maximum Gasteiger partial charge on any atom is 0.326 e. The number of hydrogen-bond acceptors (Lipinski definition) is 8. The van der Waals surface area contributed by atoms with Crippen molar-refractivity contribution in [3.8, 4) is 0 Å². The zero-order valence-electron chi connectivity index (χ0n) is 17.2. The van der Waals surface area contributed by atoms with E-state index < -0.39 is 85.0 Å². The molecule has 0 radical (unpaired) electrons. The van der Waals surface area contributed by atoms with Crippen LogP contribution in [-0.2, 0) is 33.6 Å². The Kier molecular flexibility index (Phi) is 11.9. The van der Waals surface area contributed by atoms with Crippen LogP contribution in [-0.4, -0.2) is 81.0 Å². The fraction of sp³-hybridized carbons (Fsp3) is 0.588. The predicted octanol–water partition coefficient (Wildman–Crippen LogP) is -3.52. The highest BCUT2D eigenvalue weighted by atomic mass is 16.4. The number of carboxylic acids is 3. The zero-order valence-corrected chi connectivity index (χ0v) is 17.2. The van der Waals surface area contributed by atoms with Crippen molar-refractivity contribution in [1.29, 1.82) is 0 Å². The van der Waals surface area contributed by atoms with E-state index in [0.29, 0.717) is 0 Å². The summed E-state index contributed by atoms with van der Waals surface area (Å²) in [5, 5.41) is 32.9. The van der Waals surface area contributed by atoms with Crippen LogP contribution in [0.3, 0.4) is 0 Å². The lowest BCUT2D eigenvalue weighted by Gasteiger charge is -2.23. The van der Waals surface area contributed by atoms with Crippen molar-refractivity contribution in [2.75, 3.05) is 0 Å². The number of primary amides is 1. The number of rotatable bonds is 15. The fourth-order valence-corrected chi connectivity index (χ4v) is 2.30. The molecule has 0 rings (SSSR count). The van der Waals surface area contributed by atoms with Gasteiger partial charge in [0.2, 0.25) is 23.6 Å². The Bertz CT molecular complexity index is 756. The topological polar surface area (TPSA) is 268 Å². The van der Waals surface area contributed by atoms with Gasteiger partial charge in [0.1, 0.15) is 18.1 Å². The quantitative estimate of drug-likeness (QED) is 0.118. The largest absolute Gasteiger partial charge is 0.481 e. The minimum atomic E-state index is -1.70. The van der Waals surface area contributed by atoms with Gasteiger partial charge in [-0.3, -0.25) is 28.8 Å². The van der Waals surface area contributed by atoms with Gasteiger partial charge in [0, 0.05) is 12.8 Å². The highest BCUT2D eigenvalue weighted by Gasteiger charge is 2.30. The normalized spacial score (nSPS) is 14.2. The van der Waals surface area contributed by atoms with Crippen molar-refractivity contribution in [3.05, 3.63) is 0 Å². The van der Waals surface area contributed by atoms with Gasteiger partial charge >= 0.3 is 17.9 Å². The van der Waals surface area contributed by atoms with Crippen LogP contribution in [0.15, 0.2) is 0 Å². The molecular formula is C17H27N5O10. The Hall–Kier alpha value is -3.75. The first kappa shape index (κ1) is 28.2. The number of amides is 4. The van der Waals surface area contributed by atoms with Crippen molar-refractivity contribution in [3.63, 3.8) is 0 Å². The Balaban J connectivity index is 5.16. The first-order chi connectivity index (χ1) is 14.7. The summed E-state index contributed by atoms with van der Waals surface area (Å²) in [6.45, 7) is 1.23. The molecule has 0 aromatic heterocycles. The second kappa shape index (κ2) is 13.5. The van der Waals surface area contributed by atoms with Crippen molar-refractivity contribution in [2.45, 2.75) is 63.2 Å². The summed E-state index contributed by atoms with van der Waals surface area (Å²) < 4.78 is 0. The van der Waals surface area contributed by atoms with Crippen LogP contribution in [0.25, 0.3) is 0 Å². The molecule has 0 heterocycles. The molecule has 0 saturated heterocycles. The van der Waals surface area contributed by atoms with Crippen LogP contribution in [0, 0.1) is 0 Å². The summed E-state index contributed by atoms with van der Waals surface area (Å²) in [4.78, 5) is 80.2. The van der Waals surface area contributed by atoms with E-state index in [0.717, 1.165) is 0 Å². The molecular weight excluding hydrogens is 434 g/mol. The van der Waals surface area contributed by atoms with Crippen LogP contribution in [0.4, 0.5) is 0 Å². The maximum absolute atomic E-state index is 12.4. The van der Waals surface area contributed by atoms with Crippen LogP contribution in [0.1, 0.15) is 39.0 Å². The highest BCUT2D eigenvalue weighted by molar-refractivity contribution is 5.95. The lowest BCUT2D eigenvalue weighted by molar-refractivity contribution is -0.144. The molecule has 0 aliphatic rings. The van der Waals surface area contributed by atoms with E-state index in [-0.39, 0.29) is 12.8 Å². The Morgan fingerprint density at radius 3 is 1.72 bits per heavy atom. The number of carbonyl (C=O) groups excluding carboxylic acids is 4. The minimum Gasteiger partial charge on any atom is -0.481 e. The predicted molar refractivity (Wildman–Crippen MR) is 105 cm³/mol. The van der Waals surface area contributed by atoms with Gasteiger partial charge in [0.25, 0.3) is 0 Å². The van der Waals surface area contributed by atoms with Crippen molar-refractivity contribution < 1.29 is 48.9 Å². The smallest absolute Gasteiger partial charge is 0.326 e. The molecule has 0 saturated carbocycles. The van der Waals surface area contributed by atoms with Gasteiger partial charge in [-0.1, -0.05) is 0 Å². The molecule has 0 aromatic carbocycles. The first-order valence-corrected chi connectivity index (χ1v) is 9.36. The number of nitrogens with two attached hydrogens (primary N) is 2. The third kappa shape index (κ3) is 11.4. The van der Waals surface area contributed by atoms with E-state index in [2.05, 4.69) is 10.6 Å². The van der Waals surface area contributed by atoms with E-state index >= 15 is 0 Å². The number of carboxylic acid groups (broad SMARTS) is 3. The molecule has 4 amide bonds. The summed E-state index contributed by atoms with van der Waals surface area (Å²) in [5.41, 5.74) is 10.5. The molecule has 15 heteroatoms. The Labute approximate surface area is 181 Å². The molecule has 32 heavy (non-hydrogen) atoms. The number of aliphatic carboxylic acids is 3. The third-order valence-corrected chi connectivity index (χ3v) is 4.06. The SMILES string of the molecule is CC(NC(=O)C(N)CCC(=O)O)C(=O)NC(CCC(=O)O)C(=O)NC(CC(N)=O)C(=O)O. The van der Waals surface area contributed by atoms with Crippen molar-refractivity contribution >= 4 is 41.5 Å². The second-order valence-corrected chi connectivity index (χ2v) is 6.83. The monoisotopic (exact) mass is 461 g/mol. The average molecular weight is 461 g/mol. The molecule has 0 spiro atoms. The second-order valence-electron chi connectivity index (χ2n) is 6.83. The molecule has 0 fully saturated rings. The van der Waals surface area contributed by atoms with Crippen LogP contribution in [0.5, 0.6) is 0 Å². The standard InChI is InChI=1S/C17H27N5O10/c1-7(20-15(29)8(18)2-4-12(24)25)14(28)21-9(3-5-13(26)27)16(30)22-10(17(31)32)6-11(19)23/h7-10H,2-6,18H2,1H3,(H2,19,23)(H,20,29)(H,21,28)(H,22,30)(H,24,25)(H,26,27)(H,31,32). The van der Waals surface area contributed by atoms with Gasteiger partial charge in [-0.2, -0.15) is 0 Å². The molecule has 0 aromatic rings. The lowest BCUT2D eigenvalue weighted by atomic mass is 10.1. The summed E-state index contributed by atoms with van der Waals surface area (Å²) >= 11 is 0. The zero-order chi connectivity index (χ0) is 25.0. The van der Waals surface area contributed by atoms with Gasteiger partial charge < -0.3 is 42.7 Å². The summed E-state index contributed by atoms with van der Waals surface area (Å²) in [6.07, 6.45) is -2.28. The molecule has 0 aliphatic heterocycles. The van der Waals surface area contributed by atoms with Crippen LogP contribution >= 0.6 is 0 Å². The van der Waals surface area contributed by atoms with Gasteiger partial charge in [-0.05, 0) is 19.8 Å². The average Bonchev–Trinajstić information content (AvgIpc) is 2.67. The lowest BCUT2D eigenvalue weighted by Crippen LogP contribution is -2.56. The summed E-state index contributed by atoms with van der Waals surface area (Å²) in [6, 6.07) is -5.67. The Morgan fingerprint density at radius 2 is 1.25 bits per heavy atom. The molecule has 15 nitrogen and oxygen atoms in total. The summed E-state index contributed by atoms with van der Waals surface area (Å²) in [5.74, 6) is -7.87. The molecule has 4 atom stereocenters. The number of nitrogens with one attached hydrogen (secondary N) is 3. The highest BCUT2D eigenvalue weighted by Crippen LogP contribution is 2.03. The molecule has 10 N–H and O–H groups in total. The van der Waals surface area contributed by atoms with Gasteiger partial charge in [-0.15, -0.1) is 0 Å². The van der Waals surface area contributed by atoms with E-state index in [1.54, 1.807) is 0 Å². The van der Waals surface area contributed by atoms with Gasteiger partial charge in [0.05, 0.1) is 12.5 Å². The van der Waals surface area contributed by atoms with Crippen molar-refractivity contribution in [2.24, 2.45) is 11.5 Å². The maximum atomic E-state index is 12.4. The Morgan fingerprint density at radius 1 is 0.750 bits per heavy atom. The van der Waals surface area contributed by atoms with E-state index in [1.807, 2.05) is 5.32 Å². The number of carbonyl (C=O) groups is 7. The van der Waals surface area contributed by atoms with Crippen LogP contribution < -0.4 is 27.4 Å². The molecule has 0 bridgehead atoms. The van der Waals surface area contributed by atoms with Gasteiger partial charge in [-0.25, -0.2) is 4.79 Å². The van der Waals surface area contributed by atoms with E-state index in [1.165, 1.54) is 6.92 Å². The fourth-order valence-electron chi connectivity index (χ4n) is 2.30. The summed E-state index contributed by atoms with van der Waals surface area (Å²) in [7, 11) is 0. The van der Waals surface area contributed by atoms with Crippen molar-refractivity contribution in [1.82, 2.24) is 16.0 Å².